The van der Waals surface area contributed by atoms with Gasteiger partial charge in [0, 0.05) is 13.1 Å². The Balaban J connectivity index is 1.75. The Morgan fingerprint density at radius 2 is 2.05 bits per heavy atom. The minimum absolute atomic E-state index is 0.477. The maximum absolute atomic E-state index is 5.95. The molecule has 19 heavy (non-hydrogen) atoms. The van der Waals surface area contributed by atoms with E-state index in [1.54, 1.807) is 0 Å². The van der Waals surface area contributed by atoms with Crippen molar-refractivity contribution in [2.24, 2.45) is 5.92 Å². The van der Waals surface area contributed by atoms with Crippen molar-refractivity contribution in [1.82, 2.24) is 14.9 Å². The number of aromatic nitrogens is 2. The van der Waals surface area contributed by atoms with Crippen LogP contribution in [-0.2, 0) is 0 Å². The number of nitrogens with one attached hydrogen (secondary N) is 1. The molecule has 1 unspecified atom stereocenters. The number of hydrogen-bond donors (Lipinski definition) is 2. The van der Waals surface area contributed by atoms with Crippen LogP contribution in [0.2, 0.25) is 0 Å². The fraction of sp³-hybridized carbons (Fsp3) is 0.429. The predicted octanol–water partition coefficient (Wildman–Crippen LogP) is 1.58. The Morgan fingerprint density at radius 3 is 2.74 bits per heavy atom. The summed E-state index contributed by atoms with van der Waals surface area (Å²) in [6, 6.07) is 7.78. The average molecular weight is 257 g/mol. The van der Waals surface area contributed by atoms with Crippen LogP contribution in [-0.4, -0.2) is 41.5 Å². The number of nitrogens with zero attached hydrogens (tertiary/aromatic N) is 3. The molecular formula is C14H19N5. The van der Waals surface area contributed by atoms with Gasteiger partial charge in [-0.3, -0.25) is 0 Å². The average Bonchev–Trinajstić information content (AvgIpc) is 2.82. The summed E-state index contributed by atoms with van der Waals surface area (Å²) in [5.74, 6) is 1.84. The highest BCUT2D eigenvalue weighted by molar-refractivity contribution is 5.79. The highest BCUT2D eigenvalue weighted by atomic mass is 15.1. The first-order chi connectivity index (χ1) is 9.22. The van der Waals surface area contributed by atoms with Crippen LogP contribution < -0.4 is 11.1 Å². The van der Waals surface area contributed by atoms with Crippen molar-refractivity contribution < 1.29 is 0 Å². The van der Waals surface area contributed by atoms with Crippen LogP contribution in [0, 0.1) is 5.92 Å². The van der Waals surface area contributed by atoms with Crippen molar-refractivity contribution in [3.05, 3.63) is 24.3 Å². The molecule has 1 aliphatic rings. The maximum atomic E-state index is 5.95. The van der Waals surface area contributed by atoms with Gasteiger partial charge in [0.15, 0.2) is 11.6 Å². The lowest BCUT2D eigenvalue weighted by atomic mass is 10.1. The van der Waals surface area contributed by atoms with Gasteiger partial charge < -0.3 is 16.0 Å². The van der Waals surface area contributed by atoms with E-state index in [0.29, 0.717) is 17.6 Å². The van der Waals surface area contributed by atoms with Crippen LogP contribution in [0.1, 0.15) is 6.42 Å². The fourth-order valence-corrected chi connectivity index (χ4v) is 2.58. The van der Waals surface area contributed by atoms with Crippen LogP contribution in [0.15, 0.2) is 24.3 Å². The molecule has 3 rings (SSSR count). The van der Waals surface area contributed by atoms with E-state index in [1.807, 2.05) is 24.3 Å². The minimum atomic E-state index is 0.477. The Labute approximate surface area is 112 Å². The topological polar surface area (TPSA) is 67.1 Å². The first kappa shape index (κ1) is 12.2. The van der Waals surface area contributed by atoms with Gasteiger partial charge in [0.05, 0.1) is 11.0 Å². The van der Waals surface area contributed by atoms with Gasteiger partial charge in [0.1, 0.15) is 0 Å². The van der Waals surface area contributed by atoms with E-state index in [-0.39, 0.29) is 0 Å². The molecule has 0 saturated carbocycles. The van der Waals surface area contributed by atoms with Gasteiger partial charge in [0.25, 0.3) is 0 Å². The van der Waals surface area contributed by atoms with Gasteiger partial charge in [-0.15, -0.1) is 0 Å². The third-order valence-electron chi connectivity index (χ3n) is 3.64. The number of benzene rings is 1. The third-order valence-corrected chi connectivity index (χ3v) is 3.64. The number of fused-ring (bicyclic) bond motifs is 1. The quantitative estimate of drug-likeness (QED) is 0.873. The Kier molecular flexibility index (Phi) is 3.21. The number of anilines is 2. The molecule has 0 spiro atoms. The second-order valence-corrected chi connectivity index (χ2v) is 5.24. The summed E-state index contributed by atoms with van der Waals surface area (Å²) in [5, 5.41) is 3.34. The van der Waals surface area contributed by atoms with Gasteiger partial charge in [-0.2, -0.15) is 0 Å². The molecule has 1 aromatic heterocycles. The normalized spacial score (nSPS) is 19.9. The van der Waals surface area contributed by atoms with Crippen LogP contribution in [0.4, 0.5) is 11.6 Å². The molecule has 2 aromatic rings. The molecule has 1 saturated heterocycles. The van der Waals surface area contributed by atoms with Crippen molar-refractivity contribution in [3.8, 4) is 0 Å². The van der Waals surface area contributed by atoms with E-state index in [9.17, 15) is 0 Å². The largest absolute Gasteiger partial charge is 0.381 e. The highest BCUT2D eigenvalue weighted by Gasteiger charge is 2.19. The van der Waals surface area contributed by atoms with Gasteiger partial charge >= 0.3 is 0 Å². The summed E-state index contributed by atoms with van der Waals surface area (Å²) >= 11 is 0. The molecule has 5 nitrogen and oxygen atoms in total. The van der Waals surface area contributed by atoms with E-state index >= 15 is 0 Å². The number of likely N-dealkylation sites (tertiary alicyclic amines) is 1. The first-order valence-electron chi connectivity index (χ1n) is 6.67. The van der Waals surface area contributed by atoms with E-state index < -0.39 is 0 Å². The fourth-order valence-electron chi connectivity index (χ4n) is 2.58. The van der Waals surface area contributed by atoms with Crippen molar-refractivity contribution in [1.29, 1.82) is 0 Å². The molecule has 1 fully saturated rings. The van der Waals surface area contributed by atoms with E-state index in [2.05, 4.69) is 27.2 Å². The number of rotatable bonds is 3. The summed E-state index contributed by atoms with van der Waals surface area (Å²) in [6.07, 6.45) is 1.23. The molecule has 5 heteroatoms. The Morgan fingerprint density at radius 1 is 1.32 bits per heavy atom. The molecule has 2 heterocycles. The summed E-state index contributed by atoms with van der Waals surface area (Å²) in [6.45, 7) is 3.21. The smallest absolute Gasteiger partial charge is 0.169 e. The first-order valence-corrected chi connectivity index (χ1v) is 6.67. The number of hydrogen-bond acceptors (Lipinski definition) is 5. The summed E-state index contributed by atoms with van der Waals surface area (Å²) in [4.78, 5) is 11.3. The van der Waals surface area contributed by atoms with Crippen LogP contribution in [0.3, 0.4) is 0 Å². The van der Waals surface area contributed by atoms with Gasteiger partial charge in [-0.05, 0) is 38.1 Å². The van der Waals surface area contributed by atoms with Crippen molar-refractivity contribution in [2.45, 2.75) is 6.42 Å². The molecule has 0 bridgehead atoms. The Hall–Kier alpha value is -1.88. The molecule has 0 amide bonds. The molecule has 3 N–H and O–H groups in total. The Bertz CT molecular complexity index is 583. The lowest BCUT2D eigenvalue weighted by molar-refractivity contribution is 0.399. The molecule has 0 aliphatic carbocycles. The van der Waals surface area contributed by atoms with Gasteiger partial charge in [-0.1, -0.05) is 12.1 Å². The molecule has 1 atom stereocenters. The number of nitrogen functional groups attached to an aromatic ring is 1. The van der Waals surface area contributed by atoms with E-state index in [0.717, 1.165) is 24.1 Å². The zero-order valence-electron chi connectivity index (χ0n) is 11.1. The van der Waals surface area contributed by atoms with Crippen LogP contribution >= 0.6 is 0 Å². The third kappa shape index (κ3) is 2.61. The number of nitrogens with two attached hydrogens (primary N) is 1. The second-order valence-electron chi connectivity index (χ2n) is 5.24. The summed E-state index contributed by atoms with van der Waals surface area (Å²) in [5.41, 5.74) is 7.67. The van der Waals surface area contributed by atoms with Crippen molar-refractivity contribution in [3.63, 3.8) is 0 Å². The molecule has 1 aliphatic heterocycles. The standard InChI is InChI=1S/C14H19N5/c1-19-7-6-10(9-19)8-16-14-13(15)17-11-4-2-3-5-12(11)18-14/h2-5,10H,6-9H2,1H3,(H2,15,17)(H,16,18). The molecule has 1 aromatic carbocycles. The lowest BCUT2D eigenvalue weighted by Crippen LogP contribution is -2.20. The molecular weight excluding hydrogens is 238 g/mol. The maximum Gasteiger partial charge on any atom is 0.169 e. The van der Waals surface area contributed by atoms with Gasteiger partial charge in [0.2, 0.25) is 0 Å². The monoisotopic (exact) mass is 257 g/mol. The van der Waals surface area contributed by atoms with Crippen LogP contribution in [0.5, 0.6) is 0 Å². The zero-order valence-corrected chi connectivity index (χ0v) is 11.1. The van der Waals surface area contributed by atoms with Crippen molar-refractivity contribution >= 4 is 22.7 Å². The van der Waals surface area contributed by atoms with E-state index in [4.69, 9.17) is 5.73 Å². The van der Waals surface area contributed by atoms with Crippen LogP contribution in [0.25, 0.3) is 11.0 Å². The van der Waals surface area contributed by atoms with Gasteiger partial charge in [-0.25, -0.2) is 9.97 Å². The zero-order chi connectivity index (χ0) is 13.2. The van der Waals surface area contributed by atoms with E-state index in [1.165, 1.54) is 13.0 Å². The second kappa shape index (κ2) is 5.01. The minimum Gasteiger partial charge on any atom is -0.381 e. The highest BCUT2D eigenvalue weighted by Crippen LogP contribution is 2.20. The predicted molar refractivity (Wildman–Crippen MR) is 78.0 cm³/mol. The SMILES string of the molecule is CN1CCC(CNc2nc3ccccc3nc2N)C1. The summed E-state index contributed by atoms with van der Waals surface area (Å²) < 4.78 is 0. The summed E-state index contributed by atoms with van der Waals surface area (Å²) in [7, 11) is 2.16. The molecule has 0 radical (unpaired) electrons. The lowest BCUT2D eigenvalue weighted by Gasteiger charge is -2.13. The number of para-hydroxylation sites is 2. The van der Waals surface area contributed by atoms with Crippen molar-refractivity contribution in [2.75, 3.05) is 37.7 Å². The molecule has 100 valence electrons.